The van der Waals surface area contributed by atoms with Gasteiger partial charge in [0, 0.05) is 32.6 Å². The number of fused-ring (bicyclic) bond motifs is 3. The van der Waals surface area contributed by atoms with Crippen LogP contribution in [0.3, 0.4) is 0 Å². The van der Waals surface area contributed by atoms with Crippen LogP contribution in [0.4, 0.5) is 0 Å². The Morgan fingerprint density at radius 2 is 1.70 bits per heavy atom. The van der Waals surface area contributed by atoms with E-state index < -0.39 is 22.0 Å². The molecule has 2 aromatic carbocycles. The third kappa shape index (κ3) is 3.81. The molecule has 0 aliphatic carbocycles. The lowest BCUT2D eigenvalue weighted by molar-refractivity contribution is -0.140. The number of aromatic nitrogens is 1. The van der Waals surface area contributed by atoms with Crippen LogP contribution in [0.1, 0.15) is 13.8 Å². The molecular weight excluding hydrogens is 420 g/mol. The molecule has 30 heavy (non-hydrogen) atoms. The van der Waals surface area contributed by atoms with Crippen molar-refractivity contribution in [1.82, 2.24) is 9.71 Å². The van der Waals surface area contributed by atoms with Gasteiger partial charge < -0.3 is 5.11 Å². The number of nitrogens with zero attached hydrogens (tertiary/aromatic N) is 1. The third-order valence-electron chi connectivity index (χ3n) is 4.98. The van der Waals surface area contributed by atoms with Crippen molar-refractivity contribution < 1.29 is 18.3 Å². The molecule has 0 amide bonds. The molecule has 0 saturated carbocycles. The molecule has 8 heteroatoms. The van der Waals surface area contributed by atoms with Crippen molar-refractivity contribution in [3.8, 4) is 11.1 Å². The summed E-state index contributed by atoms with van der Waals surface area (Å²) in [6, 6.07) is 13.8. The van der Waals surface area contributed by atoms with Gasteiger partial charge in [0.05, 0.1) is 4.90 Å². The molecule has 2 heterocycles. The fraction of sp³-hybridized carbons (Fsp3) is 0.182. The van der Waals surface area contributed by atoms with Crippen molar-refractivity contribution in [1.29, 1.82) is 0 Å². The number of carboxylic acid groups (broad SMARTS) is 1. The Labute approximate surface area is 178 Å². The first-order valence-corrected chi connectivity index (χ1v) is 11.7. The lowest BCUT2D eigenvalue weighted by atomic mass is 10.0. The summed E-state index contributed by atoms with van der Waals surface area (Å²) in [4.78, 5) is 15.5. The summed E-state index contributed by atoms with van der Waals surface area (Å²) in [5.41, 5.74) is 2.12. The highest BCUT2D eigenvalue weighted by atomic mass is 32.2. The summed E-state index contributed by atoms with van der Waals surface area (Å²) < 4.78 is 29.7. The zero-order valence-corrected chi connectivity index (χ0v) is 18.0. The van der Waals surface area contributed by atoms with Gasteiger partial charge in [-0.2, -0.15) is 4.72 Å². The quantitative estimate of drug-likeness (QED) is 0.460. The maximum Gasteiger partial charge on any atom is 0.322 e. The monoisotopic (exact) mass is 440 g/mol. The minimum Gasteiger partial charge on any atom is -0.480 e. The van der Waals surface area contributed by atoms with Crippen LogP contribution >= 0.6 is 11.3 Å². The van der Waals surface area contributed by atoms with Crippen LogP contribution in [0.5, 0.6) is 0 Å². The molecule has 0 fully saturated rings. The predicted molar refractivity (Wildman–Crippen MR) is 119 cm³/mol. The van der Waals surface area contributed by atoms with E-state index in [1.807, 2.05) is 24.3 Å². The van der Waals surface area contributed by atoms with Gasteiger partial charge in [-0.3, -0.25) is 9.78 Å². The lowest BCUT2D eigenvalue weighted by Crippen LogP contribution is -2.44. The number of hydrogen-bond donors (Lipinski definition) is 2. The number of thiophene rings is 1. The molecule has 0 aliphatic heterocycles. The Hall–Kier alpha value is -2.81. The van der Waals surface area contributed by atoms with E-state index in [1.54, 1.807) is 38.4 Å². The van der Waals surface area contributed by atoms with Gasteiger partial charge in [0.1, 0.15) is 6.04 Å². The van der Waals surface area contributed by atoms with Crippen LogP contribution in [0.2, 0.25) is 0 Å². The Morgan fingerprint density at radius 3 is 2.37 bits per heavy atom. The number of hydrogen-bond acceptors (Lipinski definition) is 5. The smallest absolute Gasteiger partial charge is 0.322 e. The number of pyridine rings is 1. The summed E-state index contributed by atoms with van der Waals surface area (Å²) in [6.45, 7) is 3.33. The summed E-state index contributed by atoms with van der Waals surface area (Å²) >= 11 is 1.51. The number of carboxylic acids is 1. The molecule has 0 unspecified atom stereocenters. The number of aliphatic carboxylic acids is 1. The van der Waals surface area contributed by atoms with Gasteiger partial charge in [-0.1, -0.05) is 26.0 Å². The van der Waals surface area contributed by atoms with E-state index in [0.29, 0.717) is 0 Å². The lowest BCUT2D eigenvalue weighted by Gasteiger charge is -2.18. The minimum absolute atomic E-state index is 0.0582. The molecule has 0 spiro atoms. The maximum atomic E-state index is 12.8. The van der Waals surface area contributed by atoms with Gasteiger partial charge >= 0.3 is 5.97 Å². The van der Waals surface area contributed by atoms with E-state index in [4.69, 9.17) is 0 Å². The minimum atomic E-state index is -3.96. The van der Waals surface area contributed by atoms with Crippen molar-refractivity contribution in [3.05, 3.63) is 60.9 Å². The zero-order chi connectivity index (χ0) is 21.5. The molecule has 0 radical (unpaired) electrons. The topological polar surface area (TPSA) is 96.4 Å². The van der Waals surface area contributed by atoms with E-state index in [1.165, 1.54) is 17.4 Å². The van der Waals surface area contributed by atoms with Crippen LogP contribution < -0.4 is 4.72 Å². The molecule has 4 rings (SSSR count). The molecule has 0 bridgehead atoms. The molecule has 0 aliphatic rings. The third-order valence-corrected chi connectivity index (χ3v) is 7.55. The van der Waals surface area contributed by atoms with Crippen molar-refractivity contribution >= 4 is 47.5 Å². The van der Waals surface area contributed by atoms with Gasteiger partial charge in [0.25, 0.3) is 0 Å². The second kappa shape index (κ2) is 7.79. The average Bonchev–Trinajstić information content (AvgIpc) is 3.09. The SMILES string of the molecule is CC(C)[C@H](NS(=O)(=O)c1ccc2c(c1)sc1ccc(-c3ccncc3)cc12)C(=O)O. The van der Waals surface area contributed by atoms with E-state index in [0.717, 1.165) is 31.3 Å². The Morgan fingerprint density at radius 1 is 0.967 bits per heavy atom. The second-order valence-electron chi connectivity index (χ2n) is 7.39. The van der Waals surface area contributed by atoms with Crippen molar-refractivity contribution in [3.63, 3.8) is 0 Å². The summed E-state index contributed by atoms with van der Waals surface area (Å²) in [7, 11) is -3.96. The molecule has 2 N–H and O–H groups in total. The molecule has 2 aromatic heterocycles. The van der Waals surface area contributed by atoms with E-state index in [9.17, 15) is 18.3 Å². The number of sulfonamides is 1. The van der Waals surface area contributed by atoms with Crippen LogP contribution in [0.15, 0.2) is 65.8 Å². The van der Waals surface area contributed by atoms with Crippen molar-refractivity contribution in [2.45, 2.75) is 24.8 Å². The Kier molecular flexibility index (Phi) is 5.31. The first kappa shape index (κ1) is 20.5. The first-order valence-electron chi connectivity index (χ1n) is 9.38. The highest BCUT2D eigenvalue weighted by Crippen LogP contribution is 2.37. The molecular formula is C22H20N2O4S2. The standard InChI is InChI=1S/C22H20N2O4S2/c1-13(2)21(22(25)26)24-30(27,28)16-4-5-17-18-11-15(14-7-9-23-10-8-14)3-6-19(18)29-20(17)12-16/h3-13,21,24H,1-2H3,(H,25,26)/t21-/m0/s1. The van der Waals surface area contributed by atoms with E-state index in [2.05, 4.69) is 15.8 Å². The normalized spacial score (nSPS) is 13.2. The summed E-state index contributed by atoms with van der Waals surface area (Å²) in [5, 5.41) is 11.3. The highest BCUT2D eigenvalue weighted by Gasteiger charge is 2.28. The van der Waals surface area contributed by atoms with Crippen LogP contribution in [-0.2, 0) is 14.8 Å². The first-order chi connectivity index (χ1) is 14.3. The van der Waals surface area contributed by atoms with Gasteiger partial charge in [0.2, 0.25) is 10.0 Å². The van der Waals surface area contributed by atoms with Crippen LogP contribution in [0.25, 0.3) is 31.3 Å². The van der Waals surface area contributed by atoms with E-state index in [-0.39, 0.29) is 10.8 Å². The molecule has 154 valence electrons. The summed E-state index contributed by atoms with van der Waals surface area (Å²) in [6.07, 6.45) is 3.49. The largest absolute Gasteiger partial charge is 0.480 e. The summed E-state index contributed by atoms with van der Waals surface area (Å²) in [5.74, 6) is -1.57. The zero-order valence-electron chi connectivity index (χ0n) is 16.4. The van der Waals surface area contributed by atoms with Crippen LogP contribution in [-0.4, -0.2) is 30.5 Å². The number of benzene rings is 2. The molecule has 0 saturated heterocycles. The van der Waals surface area contributed by atoms with Gasteiger partial charge in [-0.25, -0.2) is 8.42 Å². The van der Waals surface area contributed by atoms with Gasteiger partial charge in [0.15, 0.2) is 0 Å². The molecule has 1 atom stereocenters. The molecule has 6 nitrogen and oxygen atoms in total. The average molecular weight is 441 g/mol. The van der Waals surface area contributed by atoms with Crippen LogP contribution in [0, 0.1) is 5.92 Å². The van der Waals surface area contributed by atoms with Gasteiger partial charge in [-0.05, 0) is 53.4 Å². The van der Waals surface area contributed by atoms with Gasteiger partial charge in [-0.15, -0.1) is 11.3 Å². The number of carbonyl (C=O) groups is 1. The number of rotatable bonds is 6. The Balaban J connectivity index is 1.76. The van der Waals surface area contributed by atoms with Crippen molar-refractivity contribution in [2.24, 2.45) is 5.92 Å². The molecule has 4 aromatic rings. The number of nitrogens with one attached hydrogen (secondary N) is 1. The fourth-order valence-electron chi connectivity index (χ4n) is 3.36. The van der Waals surface area contributed by atoms with Crippen molar-refractivity contribution in [2.75, 3.05) is 0 Å². The Bertz CT molecular complexity index is 1350. The maximum absolute atomic E-state index is 12.8. The highest BCUT2D eigenvalue weighted by molar-refractivity contribution is 7.89. The second-order valence-corrected chi connectivity index (χ2v) is 10.2. The fourth-order valence-corrected chi connectivity index (χ4v) is 5.92. The van der Waals surface area contributed by atoms with E-state index >= 15 is 0 Å². The predicted octanol–water partition coefficient (Wildman–Crippen LogP) is 4.50.